The van der Waals surface area contributed by atoms with Crippen molar-refractivity contribution in [3.63, 3.8) is 0 Å². The van der Waals surface area contributed by atoms with Crippen LogP contribution in [-0.4, -0.2) is 23.2 Å². The third-order valence-electron chi connectivity index (χ3n) is 4.70. The Kier molecular flexibility index (Phi) is 5.57. The van der Waals surface area contributed by atoms with Crippen molar-refractivity contribution >= 4 is 5.91 Å². The minimum absolute atomic E-state index is 0.157. The number of benzene rings is 3. The zero-order valence-electron chi connectivity index (χ0n) is 16.8. The minimum Gasteiger partial charge on any atom is -0.497 e. The van der Waals surface area contributed by atoms with Gasteiger partial charge in [-0.1, -0.05) is 29.8 Å². The van der Waals surface area contributed by atoms with E-state index in [2.05, 4.69) is 15.5 Å². The predicted molar refractivity (Wildman–Crippen MR) is 114 cm³/mol. The molecule has 0 bridgehead atoms. The molecule has 6 heteroatoms. The summed E-state index contributed by atoms with van der Waals surface area (Å²) in [6.07, 6.45) is 0. The Balaban J connectivity index is 1.42. The van der Waals surface area contributed by atoms with Gasteiger partial charge in [0.1, 0.15) is 5.75 Å². The van der Waals surface area contributed by atoms with Crippen molar-refractivity contribution in [2.75, 3.05) is 7.11 Å². The number of carbonyl (C=O) groups is 1. The van der Waals surface area contributed by atoms with Crippen LogP contribution in [0.15, 0.2) is 77.2 Å². The van der Waals surface area contributed by atoms with Gasteiger partial charge in [-0.3, -0.25) is 4.79 Å². The molecular weight excluding hydrogens is 378 g/mol. The topological polar surface area (TPSA) is 77.2 Å². The van der Waals surface area contributed by atoms with Crippen molar-refractivity contribution in [2.45, 2.75) is 13.5 Å². The largest absolute Gasteiger partial charge is 0.497 e. The second-order valence-electron chi connectivity index (χ2n) is 6.89. The molecule has 0 saturated carbocycles. The summed E-state index contributed by atoms with van der Waals surface area (Å²) in [7, 11) is 1.62. The Morgan fingerprint density at radius 2 is 1.57 bits per heavy atom. The van der Waals surface area contributed by atoms with Crippen molar-refractivity contribution in [1.29, 1.82) is 0 Å². The van der Waals surface area contributed by atoms with Crippen molar-refractivity contribution in [1.82, 2.24) is 15.5 Å². The van der Waals surface area contributed by atoms with E-state index in [1.165, 1.54) is 5.56 Å². The summed E-state index contributed by atoms with van der Waals surface area (Å²) < 4.78 is 11.0. The molecule has 30 heavy (non-hydrogen) atoms. The molecule has 4 aromatic rings. The van der Waals surface area contributed by atoms with Crippen LogP contribution in [0.5, 0.6) is 5.75 Å². The lowest BCUT2D eigenvalue weighted by Crippen LogP contribution is -2.22. The Morgan fingerprint density at radius 3 is 2.20 bits per heavy atom. The molecule has 150 valence electrons. The zero-order chi connectivity index (χ0) is 20.9. The number of rotatable bonds is 6. The average Bonchev–Trinajstić information content (AvgIpc) is 3.28. The first kappa shape index (κ1) is 19.4. The monoisotopic (exact) mass is 399 g/mol. The predicted octanol–water partition coefficient (Wildman–Crippen LogP) is 4.65. The first-order chi connectivity index (χ1) is 14.6. The number of methoxy groups -OCH3 is 1. The summed E-state index contributed by atoms with van der Waals surface area (Å²) in [5, 5.41) is 11.2. The van der Waals surface area contributed by atoms with E-state index in [4.69, 9.17) is 9.15 Å². The van der Waals surface area contributed by atoms with Gasteiger partial charge in [0.25, 0.3) is 5.91 Å². The molecule has 1 N–H and O–H groups in total. The van der Waals surface area contributed by atoms with Crippen LogP contribution in [-0.2, 0) is 6.54 Å². The normalized spacial score (nSPS) is 10.6. The highest BCUT2D eigenvalue weighted by Crippen LogP contribution is 2.24. The molecule has 0 unspecified atom stereocenters. The van der Waals surface area contributed by atoms with Crippen molar-refractivity contribution in [2.24, 2.45) is 0 Å². The van der Waals surface area contributed by atoms with Crippen LogP contribution in [0.1, 0.15) is 21.5 Å². The Morgan fingerprint density at radius 1 is 0.933 bits per heavy atom. The number of ether oxygens (including phenoxy) is 1. The van der Waals surface area contributed by atoms with Crippen LogP contribution >= 0.6 is 0 Å². The fraction of sp³-hybridized carbons (Fsp3) is 0.125. The van der Waals surface area contributed by atoms with E-state index in [-0.39, 0.29) is 5.91 Å². The lowest BCUT2D eigenvalue weighted by atomic mass is 10.1. The van der Waals surface area contributed by atoms with Crippen molar-refractivity contribution in [3.8, 4) is 28.7 Å². The smallest absolute Gasteiger partial charge is 0.251 e. The number of aromatic nitrogens is 2. The number of carbonyl (C=O) groups excluding carboxylic acids is 1. The van der Waals surface area contributed by atoms with Gasteiger partial charge >= 0.3 is 0 Å². The third kappa shape index (κ3) is 4.38. The molecule has 1 amide bonds. The van der Waals surface area contributed by atoms with Gasteiger partial charge in [0.2, 0.25) is 11.8 Å². The quantitative estimate of drug-likeness (QED) is 0.511. The van der Waals surface area contributed by atoms with E-state index in [1.54, 1.807) is 31.4 Å². The number of hydrogen-bond donors (Lipinski definition) is 1. The van der Waals surface area contributed by atoms with Crippen LogP contribution in [0.4, 0.5) is 0 Å². The fourth-order valence-corrected chi connectivity index (χ4v) is 2.98. The van der Waals surface area contributed by atoms with Crippen LogP contribution in [0.3, 0.4) is 0 Å². The van der Waals surface area contributed by atoms with E-state index in [0.717, 1.165) is 22.4 Å². The van der Waals surface area contributed by atoms with Crippen LogP contribution < -0.4 is 10.1 Å². The van der Waals surface area contributed by atoms with Gasteiger partial charge in [0.15, 0.2) is 0 Å². The van der Waals surface area contributed by atoms with Crippen LogP contribution in [0, 0.1) is 6.92 Å². The van der Waals surface area contributed by atoms with Gasteiger partial charge in [0.05, 0.1) is 7.11 Å². The summed E-state index contributed by atoms with van der Waals surface area (Å²) in [4.78, 5) is 12.4. The van der Waals surface area contributed by atoms with Gasteiger partial charge in [-0.25, -0.2) is 0 Å². The molecule has 0 aliphatic carbocycles. The standard InChI is InChI=1S/C24H21N3O3/c1-16-6-8-19(9-7-16)23-26-27-24(30-23)20-12-10-18(11-13-20)22(28)25-15-17-4-3-5-21(14-17)29-2/h3-14H,15H2,1-2H3,(H,25,28). The molecule has 0 fully saturated rings. The molecule has 0 aliphatic heterocycles. The summed E-state index contributed by atoms with van der Waals surface area (Å²) in [6, 6.07) is 22.6. The van der Waals surface area contributed by atoms with E-state index in [9.17, 15) is 4.79 Å². The summed E-state index contributed by atoms with van der Waals surface area (Å²) >= 11 is 0. The lowest BCUT2D eigenvalue weighted by molar-refractivity contribution is 0.0951. The third-order valence-corrected chi connectivity index (χ3v) is 4.70. The second kappa shape index (κ2) is 8.61. The molecule has 3 aromatic carbocycles. The zero-order valence-corrected chi connectivity index (χ0v) is 16.8. The van der Waals surface area contributed by atoms with E-state index < -0.39 is 0 Å². The van der Waals surface area contributed by atoms with E-state index >= 15 is 0 Å². The average molecular weight is 399 g/mol. The van der Waals surface area contributed by atoms with Crippen molar-refractivity contribution < 1.29 is 13.9 Å². The van der Waals surface area contributed by atoms with E-state index in [1.807, 2.05) is 55.5 Å². The number of nitrogens with one attached hydrogen (secondary N) is 1. The molecule has 1 heterocycles. The maximum absolute atomic E-state index is 12.4. The number of amides is 1. The Bertz CT molecular complexity index is 1150. The summed E-state index contributed by atoms with van der Waals surface area (Å²) in [5.74, 6) is 1.48. The maximum atomic E-state index is 12.4. The molecule has 0 atom stereocenters. The van der Waals surface area contributed by atoms with E-state index in [0.29, 0.717) is 23.9 Å². The lowest BCUT2D eigenvalue weighted by Gasteiger charge is -2.07. The number of hydrogen-bond acceptors (Lipinski definition) is 5. The van der Waals surface area contributed by atoms with Crippen LogP contribution in [0.25, 0.3) is 22.9 Å². The molecular formula is C24H21N3O3. The fourth-order valence-electron chi connectivity index (χ4n) is 2.98. The first-order valence-electron chi connectivity index (χ1n) is 9.54. The highest BCUT2D eigenvalue weighted by molar-refractivity contribution is 5.94. The molecule has 4 rings (SSSR count). The molecule has 0 spiro atoms. The molecule has 1 aromatic heterocycles. The Hall–Kier alpha value is -3.93. The van der Waals surface area contributed by atoms with Crippen LogP contribution in [0.2, 0.25) is 0 Å². The minimum atomic E-state index is -0.157. The molecule has 0 aliphatic rings. The maximum Gasteiger partial charge on any atom is 0.251 e. The number of aryl methyl sites for hydroxylation is 1. The van der Waals surface area contributed by atoms with Gasteiger partial charge in [-0.15, -0.1) is 10.2 Å². The van der Waals surface area contributed by atoms with Gasteiger partial charge in [-0.05, 0) is 61.0 Å². The van der Waals surface area contributed by atoms with Gasteiger partial charge in [0, 0.05) is 23.2 Å². The van der Waals surface area contributed by atoms with Gasteiger partial charge < -0.3 is 14.5 Å². The Labute approximate surface area is 174 Å². The number of nitrogens with zero attached hydrogens (tertiary/aromatic N) is 2. The molecule has 6 nitrogen and oxygen atoms in total. The highest BCUT2D eigenvalue weighted by atomic mass is 16.5. The van der Waals surface area contributed by atoms with Crippen molar-refractivity contribution in [3.05, 3.63) is 89.5 Å². The van der Waals surface area contributed by atoms with Gasteiger partial charge in [-0.2, -0.15) is 0 Å². The molecule has 0 radical (unpaired) electrons. The second-order valence-corrected chi connectivity index (χ2v) is 6.89. The summed E-state index contributed by atoms with van der Waals surface area (Å²) in [6.45, 7) is 2.44. The first-order valence-corrected chi connectivity index (χ1v) is 9.54. The summed E-state index contributed by atoms with van der Waals surface area (Å²) in [5.41, 5.74) is 4.31. The highest BCUT2D eigenvalue weighted by Gasteiger charge is 2.12. The SMILES string of the molecule is COc1cccc(CNC(=O)c2ccc(-c3nnc(-c4ccc(C)cc4)o3)cc2)c1. The molecule has 0 saturated heterocycles.